The molecule has 0 spiro atoms. The van der Waals surface area contributed by atoms with Gasteiger partial charge in [-0.3, -0.25) is 9.59 Å². The summed E-state index contributed by atoms with van der Waals surface area (Å²) in [5.74, 6) is -1.95. The van der Waals surface area contributed by atoms with E-state index in [1.165, 1.54) is 6.92 Å². The van der Waals surface area contributed by atoms with Crippen LogP contribution in [0.3, 0.4) is 0 Å². The molecule has 7 heteroatoms. The highest BCUT2D eigenvalue weighted by Gasteiger charge is 2.38. The Hall–Kier alpha value is -4.13. The molecule has 0 bridgehead atoms. The van der Waals surface area contributed by atoms with Gasteiger partial charge in [-0.25, -0.2) is 4.79 Å². The summed E-state index contributed by atoms with van der Waals surface area (Å²) < 4.78 is 5.59. The van der Waals surface area contributed by atoms with E-state index in [2.05, 4.69) is 10.6 Å². The molecule has 1 unspecified atom stereocenters. The average Bonchev–Trinajstić information content (AvgIpc) is 3.15. The normalized spacial score (nSPS) is 13.8. The van der Waals surface area contributed by atoms with Gasteiger partial charge in [-0.15, -0.1) is 0 Å². The Bertz CT molecular complexity index is 1150. The number of amides is 2. The van der Waals surface area contributed by atoms with Crippen LogP contribution in [0.15, 0.2) is 78.9 Å². The predicted molar refractivity (Wildman–Crippen MR) is 123 cm³/mol. The molecule has 1 atom stereocenters. The van der Waals surface area contributed by atoms with Gasteiger partial charge < -0.3 is 20.5 Å². The lowest BCUT2D eigenvalue weighted by atomic mass is 9.91. The number of rotatable bonds is 7. The van der Waals surface area contributed by atoms with Crippen LogP contribution in [0, 0.1) is 0 Å². The van der Waals surface area contributed by atoms with Crippen molar-refractivity contribution in [2.24, 2.45) is 0 Å². The minimum atomic E-state index is -1.51. The van der Waals surface area contributed by atoms with Crippen LogP contribution in [0.5, 0.6) is 0 Å². The zero-order valence-electron chi connectivity index (χ0n) is 18.1. The number of nitrogens with one attached hydrogen (secondary N) is 2. The zero-order chi connectivity index (χ0) is 23.4. The number of carbonyl (C=O) groups excluding carboxylic acids is 2. The molecule has 3 aromatic carbocycles. The van der Waals surface area contributed by atoms with Crippen LogP contribution >= 0.6 is 0 Å². The lowest BCUT2D eigenvalue weighted by molar-refractivity contribution is -0.139. The predicted octanol–water partition coefficient (Wildman–Crippen LogP) is 3.64. The van der Waals surface area contributed by atoms with Crippen molar-refractivity contribution >= 4 is 18.0 Å². The van der Waals surface area contributed by atoms with Gasteiger partial charge in [-0.05, 0) is 34.7 Å². The van der Waals surface area contributed by atoms with Gasteiger partial charge in [0.25, 0.3) is 5.91 Å². The third kappa shape index (κ3) is 4.43. The lowest BCUT2D eigenvalue weighted by Gasteiger charge is -2.29. The number of ether oxygens (including phenoxy) is 1. The second-order valence-corrected chi connectivity index (χ2v) is 8.02. The Balaban J connectivity index is 1.52. The van der Waals surface area contributed by atoms with Gasteiger partial charge in [0.15, 0.2) is 0 Å². The van der Waals surface area contributed by atoms with E-state index in [-0.39, 0.29) is 12.5 Å². The SMILES string of the molecule is CC(NC(=O)OCC1c2ccccc2-c2ccccc21)(C(=O)NCC(=O)O)c1ccccc1. The number of aliphatic carboxylic acids is 1. The number of carboxylic acid groups (broad SMARTS) is 1. The quantitative estimate of drug-likeness (QED) is 0.516. The first kappa shape index (κ1) is 22.1. The van der Waals surface area contributed by atoms with Crippen LogP contribution < -0.4 is 10.6 Å². The first-order chi connectivity index (χ1) is 15.9. The smallest absolute Gasteiger partial charge is 0.408 e. The molecule has 0 aliphatic heterocycles. The summed E-state index contributed by atoms with van der Waals surface area (Å²) >= 11 is 0. The molecule has 3 aromatic rings. The standard InChI is InChI=1S/C26H24N2O5/c1-26(17-9-3-2-4-10-17,24(31)27-15-23(29)30)28-25(32)33-16-22-20-13-7-5-11-18(20)19-12-6-8-14-21(19)22/h2-14,22H,15-16H2,1H3,(H,27,31)(H,28,32)(H,29,30). The molecular formula is C26H24N2O5. The second-order valence-electron chi connectivity index (χ2n) is 8.02. The third-order valence-electron chi connectivity index (χ3n) is 5.90. The molecule has 0 fully saturated rings. The molecular weight excluding hydrogens is 420 g/mol. The maximum absolute atomic E-state index is 12.8. The van der Waals surface area contributed by atoms with Crippen molar-refractivity contribution in [3.8, 4) is 11.1 Å². The van der Waals surface area contributed by atoms with Gasteiger partial charge in [0, 0.05) is 5.92 Å². The van der Waals surface area contributed by atoms with Crippen molar-refractivity contribution in [1.29, 1.82) is 0 Å². The fraction of sp³-hybridized carbons (Fsp3) is 0.192. The Morgan fingerprint density at radius 3 is 2.00 bits per heavy atom. The number of carbonyl (C=O) groups is 3. The maximum Gasteiger partial charge on any atom is 0.408 e. The molecule has 0 saturated carbocycles. The molecule has 0 saturated heterocycles. The Morgan fingerprint density at radius 2 is 1.42 bits per heavy atom. The molecule has 7 nitrogen and oxygen atoms in total. The number of alkyl carbamates (subject to hydrolysis) is 1. The number of hydrogen-bond acceptors (Lipinski definition) is 4. The van der Waals surface area contributed by atoms with Crippen LogP contribution in [0.1, 0.15) is 29.5 Å². The summed E-state index contributed by atoms with van der Waals surface area (Å²) in [7, 11) is 0. The van der Waals surface area contributed by atoms with Crippen molar-refractivity contribution in [3.05, 3.63) is 95.6 Å². The summed E-state index contributed by atoms with van der Waals surface area (Å²) in [5, 5.41) is 13.9. The first-order valence-corrected chi connectivity index (χ1v) is 10.6. The van der Waals surface area contributed by atoms with Crippen LogP contribution in [-0.2, 0) is 19.9 Å². The average molecular weight is 444 g/mol. The molecule has 2 amide bonds. The largest absolute Gasteiger partial charge is 0.480 e. The fourth-order valence-corrected chi connectivity index (χ4v) is 4.20. The number of hydrogen-bond donors (Lipinski definition) is 3. The topological polar surface area (TPSA) is 105 Å². The minimum Gasteiger partial charge on any atom is -0.480 e. The van der Waals surface area contributed by atoms with E-state index in [0.717, 1.165) is 22.3 Å². The van der Waals surface area contributed by atoms with Gasteiger partial charge in [0.05, 0.1) is 0 Å². The second kappa shape index (κ2) is 9.16. The maximum atomic E-state index is 12.8. The molecule has 168 valence electrons. The van der Waals surface area contributed by atoms with E-state index in [9.17, 15) is 14.4 Å². The summed E-state index contributed by atoms with van der Waals surface area (Å²) in [4.78, 5) is 36.6. The van der Waals surface area contributed by atoms with Crippen LogP contribution in [0.2, 0.25) is 0 Å². The molecule has 3 N–H and O–H groups in total. The minimum absolute atomic E-state index is 0.0987. The highest BCUT2D eigenvalue weighted by Crippen LogP contribution is 2.44. The van der Waals surface area contributed by atoms with Gasteiger partial charge in [0.2, 0.25) is 0 Å². The number of benzene rings is 3. The van der Waals surface area contributed by atoms with Crippen molar-refractivity contribution in [2.75, 3.05) is 13.2 Å². The molecule has 0 heterocycles. The van der Waals surface area contributed by atoms with Gasteiger partial charge in [-0.1, -0.05) is 78.9 Å². The Morgan fingerprint density at radius 1 is 0.879 bits per heavy atom. The molecule has 4 rings (SSSR count). The van der Waals surface area contributed by atoms with Crippen molar-refractivity contribution in [1.82, 2.24) is 10.6 Å². The molecule has 1 aliphatic carbocycles. The molecule has 33 heavy (non-hydrogen) atoms. The highest BCUT2D eigenvalue weighted by atomic mass is 16.5. The first-order valence-electron chi connectivity index (χ1n) is 10.6. The van der Waals surface area contributed by atoms with Crippen molar-refractivity contribution in [2.45, 2.75) is 18.4 Å². The highest BCUT2D eigenvalue weighted by molar-refractivity contribution is 5.92. The van der Waals surface area contributed by atoms with Crippen molar-refractivity contribution < 1.29 is 24.2 Å². The van der Waals surface area contributed by atoms with E-state index in [1.807, 2.05) is 48.5 Å². The summed E-state index contributed by atoms with van der Waals surface area (Å²) in [6.45, 7) is 1.05. The van der Waals surface area contributed by atoms with Gasteiger partial charge in [0.1, 0.15) is 18.7 Å². The fourth-order valence-electron chi connectivity index (χ4n) is 4.20. The lowest BCUT2D eigenvalue weighted by Crippen LogP contribution is -2.55. The van der Waals surface area contributed by atoms with E-state index in [1.54, 1.807) is 30.3 Å². The van der Waals surface area contributed by atoms with Gasteiger partial charge >= 0.3 is 12.1 Å². The summed E-state index contributed by atoms with van der Waals surface area (Å²) in [6, 6.07) is 24.6. The van der Waals surface area contributed by atoms with Crippen molar-refractivity contribution in [3.63, 3.8) is 0 Å². The third-order valence-corrected chi connectivity index (χ3v) is 5.90. The van der Waals surface area contributed by atoms with Crippen LogP contribution in [-0.4, -0.2) is 36.2 Å². The van der Waals surface area contributed by atoms with Gasteiger partial charge in [-0.2, -0.15) is 0 Å². The van der Waals surface area contributed by atoms with E-state index < -0.39 is 30.1 Å². The Labute approximate surface area is 191 Å². The zero-order valence-corrected chi connectivity index (χ0v) is 18.1. The molecule has 1 aliphatic rings. The van der Waals surface area contributed by atoms with E-state index in [4.69, 9.17) is 9.84 Å². The van der Waals surface area contributed by atoms with Crippen LogP contribution in [0.25, 0.3) is 11.1 Å². The summed E-state index contributed by atoms with van der Waals surface area (Å²) in [5.41, 5.74) is 3.38. The molecule has 0 radical (unpaired) electrons. The number of fused-ring (bicyclic) bond motifs is 3. The summed E-state index contributed by atoms with van der Waals surface area (Å²) in [6.07, 6.45) is -0.770. The monoisotopic (exact) mass is 444 g/mol. The molecule has 0 aromatic heterocycles. The Kier molecular flexibility index (Phi) is 6.13. The number of carboxylic acids is 1. The van der Waals surface area contributed by atoms with Crippen LogP contribution in [0.4, 0.5) is 4.79 Å². The van der Waals surface area contributed by atoms with E-state index >= 15 is 0 Å². The van der Waals surface area contributed by atoms with E-state index in [0.29, 0.717) is 5.56 Å².